The van der Waals surface area contributed by atoms with Crippen molar-refractivity contribution in [3.8, 4) is 11.1 Å². The third kappa shape index (κ3) is 4.32. The number of benzene rings is 1. The Balaban J connectivity index is 1.20. The molecule has 3 heterocycles. The SMILES string of the molecule is Cc1ccnc(C)c1-c1ccc(NC(=O)[C@@H](NC(=O)c2ccc3n2CCNC3)[C@@H]2C[C@H]3C[C@H]3C2)cc1. The first-order valence-electron chi connectivity index (χ1n) is 13.0. The third-order valence-electron chi connectivity index (χ3n) is 8.23. The van der Waals surface area contributed by atoms with Crippen LogP contribution < -0.4 is 16.0 Å². The Morgan fingerprint density at radius 1 is 1.03 bits per heavy atom. The van der Waals surface area contributed by atoms with Crippen molar-refractivity contribution in [3.63, 3.8) is 0 Å². The van der Waals surface area contributed by atoms with Crippen LogP contribution in [0.3, 0.4) is 0 Å². The lowest BCUT2D eigenvalue weighted by Gasteiger charge is -2.26. The summed E-state index contributed by atoms with van der Waals surface area (Å²) in [6.45, 7) is 6.45. The molecule has 1 aromatic carbocycles. The van der Waals surface area contributed by atoms with Crippen molar-refractivity contribution in [2.45, 2.75) is 52.2 Å². The van der Waals surface area contributed by atoms with Crippen molar-refractivity contribution in [1.29, 1.82) is 0 Å². The molecule has 3 aromatic rings. The highest BCUT2D eigenvalue weighted by atomic mass is 16.2. The lowest BCUT2D eigenvalue weighted by molar-refractivity contribution is -0.119. The minimum atomic E-state index is -0.541. The van der Waals surface area contributed by atoms with E-state index >= 15 is 0 Å². The summed E-state index contributed by atoms with van der Waals surface area (Å²) in [6, 6.07) is 13.2. The van der Waals surface area contributed by atoms with Gasteiger partial charge in [-0.1, -0.05) is 12.1 Å². The normalized spacial score (nSPS) is 22.9. The first kappa shape index (κ1) is 23.0. The largest absolute Gasteiger partial charge is 0.339 e. The second-order valence-corrected chi connectivity index (χ2v) is 10.6. The Morgan fingerprint density at radius 2 is 1.81 bits per heavy atom. The molecule has 0 unspecified atom stereocenters. The Bertz CT molecular complexity index is 1280. The van der Waals surface area contributed by atoms with Crippen molar-refractivity contribution >= 4 is 17.5 Å². The zero-order chi connectivity index (χ0) is 24.8. The zero-order valence-electron chi connectivity index (χ0n) is 20.9. The number of hydrogen-bond acceptors (Lipinski definition) is 4. The molecular formula is C29H33N5O2. The molecule has 3 N–H and O–H groups in total. The van der Waals surface area contributed by atoms with Gasteiger partial charge in [0.1, 0.15) is 11.7 Å². The molecule has 0 spiro atoms. The van der Waals surface area contributed by atoms with Crippen LogP contribution in [-0.4, -0.2) is 34.0 Å². The summed E-state index contributed by atoms with van der Waals surface area (Å²) in [5.74, 6) is 1.32. The molecule has 2 amide bonds. The quantitative estimate of drug-likeness (QED) is 0.494. The van der Waals surface area contributed by atoms with Gasteiger partial charge in [0.05, 0.1) is 0 Å². The smallest absolute Gasteiger partial charge is 0.268 e. The Hall–Kier alpha value is -3.45. The standard InChI is InChI=1S/C29H33N5O2/c1-17-9-10-31-18(2)26(17)19-3-5-23(6-4-19)32-29(36)27(22-14-20-13-21(20)15-22)33-28(35)25-8-7-24-16-30-11-12-34(24)25/h3-10,20-22,27,30H,11-16H2,1-2H3,(H,32,36)(H,33,35)/t20-,21+,22-,27-/m0/s1. The van der Waals surface area contributed by atoms with E-state index in [1.165, 1.54) is 12.0 Å². The number of amides is 2. The maximum atomic E-state index is 13.5. The molecule has 3 aliphatic rings. The van der Waals surface area contributed by atoms with Crippen molar-refractivity contribution in [2.75, 3.05) is 11.9 Å². The molecule has 0 bridgehead atoms. The van der Waals surface area contributed by atoms with E-state index in [2.05, 4.69) is 32.4 Å². The maximum absolute atomic E-state index is 13.5. The van der Waals surface area contributed by atoms with E-state index in [0.717, 1.165) is 72.5 Å². The average molecular weight is 484 g/mol. The number of nitrogens with one attached hydrogen (secondary N) is 3. The summed E-state index contributed by atoms with van der Waals surface area (Å²) in [7, 11) is 0. The van der Waals surface area contributed by atoms with Gasteiger partial charge in [-0.2, -0.15) is 0 Å². The van der Waals surface area contributed by atoms with E-state index in [4.69, 9.17) is 0 Å². The molecule has 2 fully saturated rings. The van der Waals surface area contributed by atoms with Gasteiger partial charge in [0.25, 0.3) is 5.91 Å². The predicted octanol–water partition coefficient (Wildman–Crippen LogP) is 4.05. The molecule has 186 valence electrons. The van der Waals surface area contributed by atoms with Gasteiger partial charge in [0.2, 0.25) is 5.91 Å². The van der Waals surface area contributed by atoms with Crippen LogP contribution in [-0.2, 0) is 17.9 Å². The van der Waals surface area contributed by atoms with Gasteiger partial charge in [-0.3, -0.25) is 14.6 Å². The fourth-order valence-electron chi connectivity index (χ4n) is 6.25. The number of anilines is 1. The molecule has 2 aromatic heterocycles. The minimum Gasteiger partial charge on any atom is -0.339 e. The van der Waals surface area contributed by atoms with Gasteiger partial charge in [0.15, 0.2) is 0 Å². The van der Waals surface area contributed by atoms with Gasteiger partial charge in [0, 0.05) is 48.5 Å². The van der Waals surface area contributed by atoms with Crippen LogP contribution in [0.15, 0.2) is 48.7 Å². The van der Waals surface area contributed by atoms with Crippen LogP contribution in [0.25, 0.3) is 11.1 Å². The van der Waals surface area contributed by atoms with Crippen LogP contribution in [0.2, 0.25) is 0 Å². The first-order chi connectivity index (χ1) is 17.5. The minimum absolute atomic E-state index is 0.136. The van der Waals surface area contributed by atoms with E-state index in [9.17, 15) is 9.59 Å². The van der Waals surface area contributed by atoms with Gasteiger partial charge >= 0.3 is 0 Å². The van der Waals surface area contributed by atoms with E-state index in [0.29, 0.717) is 5.69 Å². The van der Waals surface area contributed by atoms with E-state index in [1.807, 2.05) is 55.6 Å². The topological polar surface area (TPSA) is 88.1 Å². The number of aromatic nitrogens is 2. The summed E-state index contributed by atoms with van der Waals surface area (Å²) in [4.78, 5) is 31.3. The molecule has 0 radical (unpaired) electrons. The average Bonchev–Trinajstić information content (AvgIpc) is 3.27. The molecule has 2 saturated carbocycles. The fraction of sp³-hybridized carbons (Fsp3) is 0.414. The Morgan fingerprint density at radius 3 is 2.56 bits per heavy atom. The van der Waals surface area contributed by atoms with Gasteiger partial charge in [-0.05, 0) is 92.3 Å². The monoisotopic (exact) mass is 483 g/mol. The molecular weight excluding hydrogens is 450 g/mol. The highest BCUT2D eigenvalue weighted by Gasteiger charge is 2.49. The van der Waals surface area contributed by atoms with Gasteiger partial charge in [-0.15, -0.1) is 0 Å². The van der Waals surface area contributed by atoms with Crippen molar-refractivity contribution < 1.29 is 9.59 Å². The second-order valence-electron chi connectivity index (χ2n) is 10.6. The lowest BCUT2D eigenvalue weighted by atomic mass is 9.93. The van der Waals surface area contributed by atoms with E-state index < -0.39 is 6.04 Å². The van der Waals surface area contributed by atoms with E-state index in [1.54, 1.807) is 0 Å². The van der Waals surface area contributed by atoms with Crippen LogP contribution >= 0.6 is 0 Å². The van der Waals surface area contributed by atoms with Crippen LogP contribution in [0, 0.1) is 31.6 Å². The summed E-state index contributed by atoms with van der Waals surface area (Å²) < 4.78 is 2.06. The van der Waals surface area contributed by atoms with Crippen molar-refractivity contribution in [2.24, 2.45) is 17.8 Å². The Labute approximate surface area is 211 Å². The summed E-state index contributed by atoms with van der Waals surface area (Å²) in [6.07, 6.45) is 5.12. The predicted molar refractivity (Wildman–Crippen MR) is 139 cm³/mol. The Kier molecular flexibility index (Phi) is 5.88. The molecule has 36 heavy (non-hydrogen) atoms. The number of carbonyl (C=O) groups is 2. The van der Waals surface area contributed by atoms with Crippen molar-refractivity contribution in [3.05, 3.63) is 71.3 Å². The highest BCUT2D eigenvalue weighted by Crippen LogP contribution is 2.55. The van der Waals surface area contributed by atoms with Crippen LogP contribution in [0.4, 0.5) is 5.69 Å². The number of fused-ring (bicyclic) bond motifs is 2. The lowest BCUT2D eigenvalue weighted by Crippen LogP contribution is -2.49. The van der Waals surface area contributed by atoms with Gasteiger partial charge in [-0.25, -0.2) is 0 Å². The van der Waals surface area contributed by atoms with Crippen LogP contribution in [0.5, 0.6) is 0 Å². The maximum Gasteiger partial charge on any atom is 0.268 e. The summed E-state index contributed by atoms with van der Waals surface area (Å²) >= 11 is 0. The molecule has 7 nitrogen and oxygen atoms in total. The van der Waals surface area contributed by atoms with Crippen LogP contribution in [0.1, 0.15) is 46.7 Å². The molecule has 7 heteroatoms. The molecule has 1 aliphatic heterocycles. The first-order valence-corrected chi connectivity index (χ1v) is 13.0. The number of rotatable bonds is 6. The fourth-order valence-corrected chi connectivity index (χ4v) is 6.25. The number of pyridine rings is 1. The van der Waals surface area contributed by atoms with Gasteiger partial charge < -0.3 is 20.5 Å². The molecule has 6 rings (SSSR count). The van der Waals surface area contributed by atoms with Crippen molar-refractivity contribution in [1.82, 2.24) is 20.2 Å². The third-order valence-corrected chi connectivity index (χ3v) is 8.23. The number of hydrogen-bond donors (Lipinski definition) is 3. The number of aryl methyl sites for hydroxylation is 2. The zero-order valence-corrected chi connectivity index (χ0v) is 20.9. The van der Waals surface area contributed by atoms with E-state index in [-0.39, 0.29) is 17.7 Å². The molecule has 2 aliphatic carbocycles. The number of carbonyl (C=O) groups excluding carboxylic acids is 2. The summed E-state index contributed by atoms with van der Waals surface area (Å²) in [5.41, 5.74) is 6.83. The molecule has 4 atom stereocenters. The highest BCUT2D eigenvalue weighted by molar-refractivity contribution is 6.01. The number of nitrogens with zero attached hydrogens (tertiary/aromatic N) is 2. The molecule has 0 saturated heterocycles. The second kappa shape index (κ2) is 9.21. The summed E-state index contributed by atoms with van der Waals surface area (Å²) in [5, 5.41) is 9.54.